The lowest BCUT2D eigenvalue weighted by atomic mass is 9.99. The Morgan fingerprint density at radius 2 is 2.04 bits per heavy atom. The Hall–Kier alpha value is -2.26. The number of nitrogens with zero attached hydrogens (tertiary/aromatic N) is 3. The number of halogens is 1. The Morgan fingerprint density at radius 1 is 1.32 bits per heavy atom. The van der Waals surface area contributed by atoms with Crippen molar-refractivity contribution in [2.24, 2.45) is 5.92 Å². The molecule has 2 aromatic rings. The molecule has 1 fully saturated rings. The Kier molecular flexibility index (Phi) is 6.14. The number of aromatic nitrogens is 2. The summed E-state index contributed by atoms with van der Waals surface area (Å²) in [6, 6.07) is 4.75. The molecule has 1 aliphatic heterocycles. The zero-order chi connectivity index (χ0) is 20.3. The summed E-state index contributed by atoms with van der Waals surface area (Å²) in [5.41, 5.74) is 1.95. The molecule has 1 aromatic carbocycles. The first-order valence-corrected chi connectivity index (χ1v) is 10.8. The van der Waals surface area contributed by atoms with Crippen LogP contribution < -0.4 is 5.32 Å². The standard InChI is InChI=1S/C19H25FN4O3S/c1-3-24-14(2)16(12-22-24)11-21-19(25)15-5-4-10-23(13-15)28(26,27)18-8-6-17(20)7-9-18/h6-9,12,15H,3-5,10-11,13H2,1-2H3,(H,21,25). The summed E-state index contributed by atoms with van der Waals surface area (Å²) in [6.45, 7) is 5.56. The van der Waals surface area contributed by atoms with Gasteiger partial charge in [0.25, 0.3) is 0 Å². The van der Waals surface area contributed by atoms with E-state index >= 15 is 0 Å². The fourth-order valence-electron chi connectivity index (χ4n) is 3.43. The molecular formula is C19H25FN4O3S. The Balaban J connectivity index is 1.64. The van der Waals surface area contributed by atoms with E-state index < -0.39 is 21.8 Å². The van der Waals surface area contributed by atoms with Crippen LogP contribution in [-0.2, 0) is 27.9 Å². The van der Waals surface area contributed by atoms with E-state index in [-0.39, 0.29) is 17.3 Å². The fraction of sp³-hybridized carbons (Fsp3) is 0.474. The maximum absolute atomic E-state index is 13.1. The van der Waals surface area contributed by atoms with Crippen LogP contribution in [0, 0.1) is 18.7 Å². The highest BCUT2D eigenvalue weighted by Gasteiger charge is 2.33. The predicted molar refractivity (Wildman–Crippen MR) is 102 cm³/mol. The topological polar surface area (TPSA) is 84.3 Å². The van der Waals surface area contributed by atoms with Gasteiger partial charge in [0.15, 0.2) is 0 Å². The van der Waals surface area contributed by atoms with E-state index in [1.54, 1.807) is 6.20 Å². The molecule has 0 aliphatic carbocycles. The Labute approximate surface area is 164 Å². The predicted octanol–water partition coefficient (Wildman–Crippen LogP) is 2.07. The summed E-state index contributed by atoms with van der Waals surface area (Å²) in [6.07, 6.45) is 2.98. The first-order chi connectivity index (χ1) is 13.3. The van der Waals surface area contributed by atoms with E-state index in [0.717, 1.165) is 29.9 Å². The quantitative estimate of drug-likeness (QED) is 0.793. The second kappa shape index (κ2) is 8.40. The molecule has 7 nitrogen and oxygen atoms in total. The van der Waals surface area contributed by atoms with Crippen LogP contribution in [-0.4, -0.2) is 41.5 Å². The number of carbonyl (C=O) groups is 1. The first kappa shape index (κ1) is 20.5. The third kappa shape index (κ3) is 4.25. The average molecular weight is 408 g/mol. The average Bonchev–Trinajstić information content (AvgIpc) is 3.06. The first-order valence-electron chi connectivity index (χ1n) is 9.37. The molecule has 1 saturated heterocycles. The molecule has 152 valence electrons. The molecule has 0 radical (unpaired) electrons. The van der Waals surface area contributed by atoms with Crippen LogP contribution in [0.2, 0.25) is 0 Å². The van der Waals surface area contributed by atoms with Crippen molar-refractivity contribution in [1.82, 2.24) is 19.4 Å². The SMILES string of the molecule is CCn1ncc(CNC(=O)C2CCCN(S(=O)(=O)c3ccc(F)cc3)C2)c1C. The summed E-state index contributed by atoms with van der Waals surface area (Å²) < 4.78 is 41.8. The maximum atomic E-state index is 13.1. The van der Waals surface area contributed by atoms with Gasteiger partial charge in [-0.25, -0.2) is 12.8 Å². The zero-order valence-electron chi connectivity index (χ0n) is 16.1. The number of hydrogen-bond acceptors (Lipinski definition) is 4. The Bertz CT molecular complexity index is 941. The number of sulfonamides is 1. The molecule has 1 atom stereocenters. The van der Waals surface area contributed by atoms with Crippen molar-refractivity contribution in [3.8, 4) is 0 Å². The van der Waals surface area contributed by atoms with Crippen LogP contribution in [0.5, 0.6) is 0 Å². The minimum absolute atomic E-state index is 0.0394. The van der Waals surface area contributed by atoms with E-state index in [2.05, 4.69) is 10.4 Å². The van der Waals surface area contributed by atoms with Gasteiger partial charge in [-0.1, -0.05) is 0 Å². The lowest BCUT2D eigenvalue weighted by Gasteiger charge is -2.31. The highest BCUT2D eigenvalue weighted by Crippen LogP contribution is 2.24. The van der Waals surface area contributed by atoms with Gasteiger partial charge in [-0.3, -0.25) is 9.48 Å². The molecule has 9 heteroatoms. The van der Waals surface area contributed by atoms with Crippen molar-refractivity contribution in [2.75, 3.05) is 13.1 Å². The highest BCUT2D eigenvalue weighted by molar-refractivity contribution is 7.89. The van der Waals surface area contributed by atoms with Gasteiger partial charge in [0, 0.05) is 37.4 Å². The van der Waals surface area contributed by atoms with Gasteiger partial charge in [0.2, 0.25) is 15.9 Å². The molecule has 1 aromatic heterocycles. The van der Waals surface area contributed by atoms with Gasteiger partial charge < -0.3 is 5.32 Å². The van der Waals surface area contributed by atoms with Crippen molar-refractivity contribution < 1.29 is 17.6 Å². The van der Waals surface area contributed by atoms with Crippen LogP contribution in [0.25, 0.3) is 0 Å². The molecule has 1 aliphatic rings. The maximum Gasteiger partial charge on any atom is 0.243 e. The lowest BCUT2D eigenvalue weighted by molar-refractivity contribution is -0.126. The van der Waals surface area contributed by atoms with Gasteiger partial charge in [0.05, 0.1) is 17.0 Å². The molecule has 1 N–H and O–H groups in total. The molecule has 3 rings (SSSR count). The van der Waals surface area contributed by atoms with Crippen LogP contribution >= 0.6 is 0 Å². The van der Waals surface area contributed by atoms with Crippen molar-refractivity contribution in [3.63, 3.8) is 0 Å². The largest absolute Gasteiger partial charge is 0.352 e. The molecule has 0 bridgehead atoms. The van der Waals surface area contributed by atoms with E-state index in [1.807, 2.05) is 18.5 Å². The number of piperidine rings is 1. The minimum Gasteiger partial charge on any atom is -0.352 e. The number of benzene rings is 1. The van der Waals surface area contributed by atoms with Crippen molar-refractivity contribution in [1.29, 1.82) is 0 Å². The number of carbonyl (C=O) groups excluding carboxylic acids is 1. The van der Waals surface area contributed by atoms with Crippen LogP contribution in [0.3, 0.4) is 0 Å². The fourth-order valence-corrected chi connectivity index (χ4v) is 4.96. The minimum atomic E-state index is -3.75. The van der Waals surface area contributed by atoms with Gasteiger partial charge in [-0.2, -0.15) is 9.40 Å². The van der Waals surface area contributed by atoms with E-state index in [4.69, 9.17) is 0 Å². The molecule has 0 spiro atoms. The normalized spacial score (nSPS) is 18.2. The molecule has 1 unspecified atom stereocenters. The zero-order valence-corrected chi connectivity index (χ0v) is 16.9. The smallest absolute Gasteiger partial charge is 0.243 e. The highest BCUT2D eigenvalue weighted by atomic mass is 32.2. The number of nitrogens with one attached hydrogen (secondary N) is 1. The Morgan fingerprint density at radius 3 is 2.68 bits per heavy atom. The van der Waals surface area contributed by atoms with Crippen LogP contribution in [0.1, 0.15) is 31.0 Å². The van der Waals surface area contributed by atoms with Gasteiger partial charge in [0.1, 0.15) is 5.82 Å². The van der Waals surface area contributed by atoms with Crippen molar-refractivity contribution >= 4 is 15.9 Å². The second-order valence-corrected chi connectivity index (χ2v) is 8.88. The summed E-state index contributed by atoms with van der Waals surface area (Å²) in [5.74, 6) is -1.07. The van der Waals surface area contributed by atoms with Gasteiger partial charge in [-0.05, 0) is 51.0 Å². The second-order valence-electron chi connectivity index (χ2n) is 6.94. The van der Waals surface area contributed by atoms with Crippen LogP contribution in [0.4, 0.5) is 4.39 Å². The van der Waals surface area contributed by atoms with E-state index in [1.165, 1.54) is 16.4 Å². The van der Waals surface area contributed by atoms with E-state index in [9.17, 15) is 17.6 Å². The van der Waals surface area contributed by atoms with Gasteiger partial charge >= 0.3 is 0 Å². The number of amides is 1. The third-order valence-electron chi connectivity index (χ3n) is 5.16. The number of hydrogen-bond donors (Lipinski definition) is 1. The third-order valence-corrected chi connectivity index (χ3v) is 7.04. The summed E-state index contributed by atoms with van der Waals surface area (Å²) in [7, 11) is -3.75. The van der Waals surface area contributed by atoms with Crippen molar-refractivity contribution in [3.05, 3.63) is 47.5 Å². The van der Waals surface area contributed by atoms with Gasteiger partial charge in [-0.15, -0.1) is 0 Å². The monoisotopic (exact) mass is 408 g/mol. The van der Waals surface area contributed by atoms with Crippen molar-refractivity contribution in [2.45, 2.75) is 44.7 Å². The van der Waals surface area contributed by atoms with E-state index in [0.29, 0.717) is 25.9 Å². The molecule has 0 saturated carbocycles. The summed E-state index contributed by atoms with van der Waals surface area (Å²) >= 11 is 0. The molecule has 1 amide bonds. The molecule has 28 heavy (non-hydrogen) atoms. The number of aryl methyl sites for hydroxylation is 1. The number of rotatable bonds is 6. The summed E-state index contributed by atoms with van der Waals surface area (Å²) in [5, 5.41) is 7.16. The van der Waals surface area contributed by atoms with Crippen LogP contribution in [0.15, 0.2) is 35.4 Å². The molecular weight excluding hydrogens is 383 g/mol. The molecule has 2 heterocycles. The summed E-state index contributed by atoms with van der Waals surface area (Å²) in [4.78, 5) is 12.6. The lowest BCUT2D eigenvalue weighted by Crippen LogP contribution is -2.45.